The summed E-state index contributed by atoms with van der Waals surface area (Å²) < 4.78 is 0. The summed E-state index contributed by atoms with van der Waals surface area (Å²) in [5.41, 5.74) is 4.45. The van der Waals surface area contributed by atoms with E-state index in [1.807, 2.05) is 18.2 Å². The van der Waals surface area contributed by atoms with Gasteiger partial charge < -0.3 is 0 Å². The molecular weight excluding hydrogens is 303 g/mol. The third-order valence-electron chi connectivity index (χ3n) is 6.13. The normalized spacial score (nSPS) is 38.7. The van der Waals surface area contributed by atoms with Crippen molar-refractivity contribution in [1.82, 2.24) is 5.43 Å². The molecule has 4 fully saturated rings. The highest BCUT2D eigenvalue weighted by Gasteiger charge is 2.54. The van der Waals surface area contributed by atoms with E-state index in [9.17, 15) is 0 Å². The number of nitrogens with one attached hydrogen (secondary N) is 1. The lowest BCUT2D eigenvalue weighted by atomic mass is 9.47. The highest BCUT2D eigenvalue weighted by Crippen LogP contribution is 2.64. The van der Waals surface area contributed by atoms with Crippen molar-refractivity contribution in [2.75, 3.05) is 0 Å². The minimum atomic E-state index is 0.122. The van der Waals surface area contributed by atoms with E-state index in [4.69, 9.17) is 29.0 Å². The SMILES string of the molecule is NNC(c1cc(Cl)ccc1Cl)C12CC3CC(CC(C3)C1)C2. The van der Waals surface area contributed by atoms with Crippen molar-refractivity contribution in [1.29, 1.82) is 0 Å². The predicted octanol–water partition coefficient (Wildman–Crippen LogP) is 4.71. The van der Waals surface area contributed by atoms with E-state index in [0.29, 0.717) is 0 Å². The molecule has 4 saturated carbocycles. The molecule has 2 nitrogen and oxygen atoms in total. The fourth-order valence-electron chi connectivity index (χ4n) is 5.86. The van der Waals surface area contributed by atoms with Crippen molar-refractivity contribution in [2.45, 2.75) is 44.6 Å². The van der Waals surface area contributed by atoms with Gasteiger partial charge in [-0.25, -0.2) is 0 Å². The number of rotatable bonds is 3. The fourth-order valence-corrected chi connectivity index (χ4v) is 6.27. The summed E-state index contributed by atoms with van der Waals surface area (Å²) in [5, 5.41) is 1.51. The van der Waals surface area contributed by atoms with E-state index in [2.05, 4.69) is 5.43 Å². The number of hydrogen-bond acceptors (Lipinski definition) is 2. The van der Waals surface area contributed by atoms with E-state index in [0.717, 1.165) is 33.4 Å². The molecule has 4 aliphatic rings. The zero-order valence-electron chi connectivity index (χ0n) is 12.1. The first-order chi connectivity index (χ1) is 10.1. The quantitative estimate of drug-likeness (QED) is 0.624. The van der Waals surface area contributed by atoms with Crippen LogP contribution in [0.25, 0.3) is 0 Å². The van der Waals surface area contributed by atoms with Gasteiger partial charge in [-0.15, -0.1) is 0 Å². The zero-order chi connectivity index (χ0) is 14.6. The van der Waals surface area contributed by atoms with Gasteiger partial charge >= 0.3 is 0 Å². The van der Waals surface area contributed by atoms with E-state index < -0.39 is 0 Å². The Kier molecular flexibility index (Phi) is 3.50. The second-order valence-corrected chi connectivity index (χ2v) is 8.39. The molecule has 0 heterocycles. The lowest BCUT2D eigenvalue weighted by molar-refractivity contribution is -0.0749. The predicted molar refractivity (Wildman–Crippen MR) is 87.1 cm³/mol. The Morgan fingerprint density at radius 3 is 2.14 bits per heavy atom. The Balaban J connectivity index is 1.74. The van der Waals surface area contributed by atoms with Gasteiger partial charge in [-0.1, -0.05) is 23.2 Å². The van der Waals surface area contributed by atoms with Gasteiger partial charge in [0.15, 0.2) is 0 Å². The van der Waals surface area contributed by atoms with Gasteiger partial charge in [0.1, 0.15) is 0 Å². The maximum absolute atomic E-state index is 6.46. The summed E-state index contributed by atoms with van der Waals surface area (Å²) in [6.45, 7) is 0. The lowest BCUT2D eigenvalue weighted by Gasteiger charge is -2.59. The molecule has 0 radical (unpaired) electrons. The molecule has 4 bridgehead atoms. The molecular formula is C17H22Cl2N2. The van der Waals surface area contributed by atoms with Gasteiger partial charge in [0.2, 0.25) is 0 Å². The van der Waals surface area contributed by atoms with Gasteiger partial charge in [0.25, 0.3) is 0 Å². The van der Waals surface area contributed by atoms with Crippen molar-refractivity contribution < 1.29 is 0 Å². The molecule has 0 amide bonds. The Morgan fingerprint density at radius 2 is 1.62 bits per heavy atom. The van der Waals surface area contributed by atoms with Gasteiger partial charge in [0, 0.05) is 10.0 Å². The third-order valence-corrected chi connectivity index (χ3v) is 6.71. The number of hydrogen-bond donors (Lipinski definition) is 2. The second kappa shape index (κ2) is 5.13. The van der Waals surface area contributed by atoms with Crippen LogP contribution < -0.4 is 11.3 Å². The zero-order valence-corrected chi connectivity index (χ0v) is 13.6. The summed E-state index contributed by atoms with van der Waals surface area (Å²) >= 11 is 12.7. The highest BCUT2D eigenvalue weighted by atomic mass is 35.5. The standard InChI is InChI=1S/C17H22Cl2N2/c18-13-1-2-15(19)14(6-13)16(21-20)17-7-10-3-11(8-17)5-12(4-10)9-17/h1-2,6,10-12,16,21H,3-5,7-9,20H2. The Morgan fingerprint density at radius 1 is 1.05 bits per heavy atom. The molecule has 0 saturated heterocycles. The number of hydrazine groups is 1. The topological polar surface area (TPSA) is 38.0 Å². The van der Waals surface area contributed by atoms with Crippen molar-refractivity contribution in [3.63, 3.8) is 0 Å². The molecule has 1 atom stereocenters. The van der Waals surface area contributed by atoms with E-state index in [1.54, 1.807) is 0 Å². The minimum Gasteiger partial charge on any atom is -0.271 e. The summed E-state index contributed by atoms with van der Waals surface area (Å²) in [5.74, 6) is 8.67. The van der Waals surface area contributed by atoms with Crippen molar-refractivity contribution in [3.8, 4) is 0 Å². The molecule has 4 aliphatic carbocycles. The number of nitrogens with two attached hydrogens (primary N) is 1. The van der Waals surface area contributed by atoms with Gasteiger partial charge in [-0.05, 0) is 85.5 Å². The van der Waals surface area contributed by atoms with Crippen LogP contribution in [-0.2, 0) is 0 Å². The average Bonchev–Trinajstić information content (AvgIpc) is 2.41. The molecule has 114 valence electrons. The summed E-state index contributed by atoms with van der Waals surface area (Å²) in [7, 11) is 0. The highest BCUT2D eigenvalue weighted by molar-refractivity contribution is 6.33. The molecule has 0 spiro atoms. The second-order valence-electron chi connectivity index (χ2n) is 7.55. The van der Waals surface area contributed by atoms with Gasteiger partial charge in [-0.2, -0.15) is 0 Å². The first-order valence-electron chi connectivity index (χ1n) is 8.01. The Labute approximate surface area is 136 Å². The van der Waals surface area contributed by atoms with Crippen LogP contribution in [0.2, 0.25) is 10.0 Å². The largest absolute Gasteiger partial charge is 0.271 e. The molecule has 1 aromatic rings. The average molecular weight is 325 g/mol. The minimum absolute atomic E-state index is 0.122. The molecule has 4 heteroatoms. The third kappa shape index (κ3) is 2.31. The van der Waals surface area contributed by atoms with E-state index in [1.165, 1.54) is 38.5 Å². The van der Waals surface area contributed by atoms with Crippen molar-refractivity contribution in [2.24, 2.45) is 29.0 Å². The van der Waals surface area contributed by atoms with Crippen LogP contribution in [0.3, 0.4) is 0 Å². The summed E-state index contributed by atoms with van der Waals surface area (Å²) in [6, 6.07) is 5.86. The fraction of sp³-hybridized carbons (Fsp3) is 0.647. The lowest BCUT2D eigenvalue weighted by Crippen LogP contribution is -2.53. The molecule has 21 heavy (non-hydrogen) atoms. The van der Waals surface area contributed by atoms with Crippen molar-refractivity contribution >= 4 is 23.2 Å². The van der Waals surface area contributed by atoms with E-state index >= 15 is 0 Å². The molecule has 3 N–H and O–H groups in total. The van der Waals surface area contributed by atoms with Gasteiger partial charge in [-0.3, -0.25) is 11.3 Å². The van der Waals surface area contributed by atoms with Crippen LogP contribution in [0.1, 0.15) is 50.1 Å². The summed E-state index contributed by atoms with van der Waals surface area (Å²) in [4.78, 5) is 0. The van der Waals surface area contributed by atoms with Crippen LogP contribution in [0, 0.1) is 23.2 Å². The van der Waals surface area contributed by atoms with Crippen molar-refractivity contribution in [3.05, 3.63) is 33.8 Å². The number of halogens is 2. The van der Waals surface area contributed by atoms with E-state index in [-0.39, 0.29) is 11.5 Å². The Hall–Kier alpha value is -0.280. The Bertz CT molecular complexity index is 522. The van der Waals surface area contributed by atoms with Crippen LogP contribution in [0.15, 0.2) is 18.2 Å². The summed E-state index contributed by atoms with van der Waals surface area (Å²) in [6.07, 6.45) is 8.16. The molecule has 0 aliphatic heterocycles. The van der Waals surface area contributed by atoms with Gasteiger partial charge in [0.05, 0.1) is 6.04 Å². The monoisotopic (exact) mass is 324 g/mol. The molecule has 1 aromatic carbocycles. The molecule has 0 aromatic heterocycles. The molecule has 5 rings (SSSR count). The smallest absolute Gasteiger partial charge is 0.0531 e. The van der Waals surface area contributed by atoms with Crippen LogP contribution in [0.5, 0.6) is 0 Å². The first-order valence-corrected chi connectivity index (χ1v) is 8.76. The van der Waals surface area contributed by atoms with Crippen LogP contribution >= 0.6 is 23.2 Å². The van der Waals surface area contributed by atoms with Crippen LogP contribution in [-0.4, -0.2) is 0 Å². The maximum atomic E-state index is 6.46. The van der Waals surface area contributed by atoms with Crippen LogP contribution in [0.4, 0.5) is 0 Å². The number of benzene rings is 1. The molecule has 1 unspecified atom stereocenters. The first kappa shape index (κ1) is 14.3. The maximum Gasteiger partial charge on any atom is 0.0531 e.